The lowest BCUT2D eigenvalue weighted by Gasteiger charge is -2.31. The number of benzene rings is 2. The van der Waals surface area contributed by atoms with Gasteiger partial charge in [-0.1, -0.05) is 22.9 Å². The number of nitrogens with zero attached hydrogens (tertiary/aromatic N) is 2. The van der Waals surface area contributed by atoms with E-state index in [9.17, 15) is 4.79 Å². The van der Waals surface area contributed by atoms with Gasteiger partial charge < -0.3 is 24.4 Å². The lowest BCUT2D eigenvalue weighted by atomic mass is 9.97. The van der Waals surface area contributed by atoms with Gasteiger partial charge in [-0.25, -0.2) is 4.98 Å². The third kappa shape index (κ3) is 4.71. The van der Waals surface area contributed by atoms with Crippen LogP contribution < -0.4 is 24.4 Å². The van der Waals surface area contributed by atoms with Gasteiger partial charge in [0, 0.05) is 19.2 Å². The first kappa shape index (κ1) is 22.5. The zero-order valence-electron chi connectivity index (χ0n) is 18.3. The van der Waals surface area contributed by atoms with E-state index >= 15 is 0 Å². The normalized spacial score (nSPS) is 16.1. The van der Waals surface area contributed by atoms with Gasteiger partial charge in [0.05, 0.1) is 47.7 Å². The number of fused-ring (bicyclic) bond motifs is 1. The van der Waals surface area contributed by atoms with E-state index in [-0.39, 0.29) is 11.8 Å². The second-order valence-corrected chi connectivity index (χ2v) is 8.94. The van der Waals surface area contributed by atoms with Crippen LogP contribution in [-0.4, -0.2) is 44.8 Å². The summed E-state index contributed by atoms with van der Waals surface area (Å²) in [7, 11) is 3.08. The third-order valence-electron chi connectivity index (χ3n) is 5.45. The van der Waals surface area contributed by atoms with Crippen LogP contribution in [0.15, 0.2) is 30.3 Å². The molecule has 0 spiro atoms. The summed E-state index contributed by atoms with van der Waals surface area (Å²) in [5.74, 6) is 1.62. The molecule has 7 nitrogen and oxygen atoms in total. The summed E-state index contributed by atoms with van der Waals surface area (Å²) >= 11 is 7.87. The number of halogens is 1. The maximum Gasteiger partial charge on any atom is 0.229 e. The second-order valence-electron chi connectivity index (χ2n) is 7.52. The van der Waals surface area contributed by atoms with Gasteiger partial charge in [0.2, 0.25) is 5.91 Å². The van der Waals surface area contributed by atoms with E-state index in [0.717, 1.165) is 40.5 Å². The van der Waals surface area contributed by atoms with Crippen LogP contribution in [0, 0.1) is 5.92 Å². The molecule has 4 rings (SSSR count). The summed E-state index contributed by atoms with van der Waals surface area (Å²) in [6, 6.07) is 9.27. The number of methoxy groups -OCH3 is 2. The second kappa shape index (κ2) is 9.83. The Bertz CT molecular complexity index is 1120. The van der Waals surface area contributed by atoms with Gasteiger partial charge in [-0.3, -0.25) is 4.79 Å². The molecule has 1 fully saturated rings. The molecule has 9 heteroatoms. The molecule has 2 heterocycles. The van der Waals surface area contributed by atoms with Crippen LogP contribution in [0.25, 0.3) is 10.2 Å². The number of piperidine rings is 1. The summed E-state index contributed by atoms with van der Waals surface area (Å²) in [6.45, 7) is 4.08. The molecule has 1 N–H and O–H groups in total. The van der Waals surface area contributed by atoms with E-state index < -0.39 is 0 Å². The average molecular weight is 476 g/mol. The van der Waals surface area contributed by atoms with Crippen LogP contribution in [0.5, 0.6) is 17.2 Å². The van der Waals surface area contributed by atoms with Gasteiger partial charge in [0.25, 0.3) is 0 Å². The Morgan fingerprint density at radius 2 is 2.06 bits per heavy atom. The van der Waals surface area contributed by atoms with Gasteiger partial charge >= 0.3 is 0 Å². The van der Waals surface area contributed by atoms with Gasteiger partial charge in [0.1, 0.15) is 17.2 Å². The van der Waals surface area contributed by atoms with Crippen LogP contribution in [0.2, 0.25) is 5.02 Å². The molecule has 0 unspecified atom stereocenters. The third-order valence-corrected chi connectivity index (χ3v) is 6.83. The zero-order chi connectivity index (χ0) is 22.7. The van der Waals surface area contributed by atoms with Crippen LogP contribution in [0.4, 0.5) is 10.8 Å². The Kier molecular flexibility index (Phi) is 6.91. The first-order valence-electron chi connectivity index (χ1n) is 10.5. The molecule has 1 atom stereocenters. The minimum atomic E-state index is -0.166. The summed E-state index contributed by atoms with van der Waals surface area (Å²) in [4.78, 5) is 20.0. The average Bonchev–Trinajstić information content (AvgIpc) is 3.23. The van der Waals surface area contributed by atoms with Crippen LogP contribution in [0.1, 0.15) is 19.8 Å². The molecule has 2 aromatic carbocycles. The Morgan fingerprint density at radius 3 is 2.81 bits per heavy atom. The topological polar surface area (TPSA) is 72.9 Å². The van der Waals surface area contributed by atoms with Gasteiger partial charge in [0.15, 0.2) is 5.13 Å². The maximum absolute atomic E-state index is 13.1. The van der Waals surface area contributed by atoms with Crippen molar-refractivity contribution in [1.82, 2.24) is 4.98 Å². The number of thiazole rings is 1. The van der Waals surface area contributed by atoms with E-state index in [4.69, 9.17) is 30.8 Å². The molecular weight excluding hydrogens is 450 g/mol. The fourth-order valence-electron chi connectivity index (χ4n) is 3.84. The van der Waals surface area contributed by atoms with Crippen molar-refractivity contribution < 1.29 is 19.0 Å². The molecule has 1 amide bonds. The van der Waals surface area contributed by atoms with Crippen molar-refractivity contribution in [2.75, 3.05) is 44.1 Å². The minimum absolute atomic E-state index is 0.0611. The van der Waals surface area contributed by atoms with Crippen LogP contribution >= 0.6 is 22.9 Å². The first-order chi connectivity index (χ1) is 15.5. The fourth-order valence-corrected chi connectivity index (χ4v) is 5.11. The lowest BCUT2D eigenvalue weighted by molar-refractivity contribution is -0.120. The van der Waals surface area contributed by atoms with Crippen LogP contribution in [0.3, 0.4) is 0 Å². The predicted octanol–water partition coefficient (Wildman–Crippen LogP) is 5.22. The number of hydrogen-bond donors (Lipinski definition) is 1. The number of amides is 1. The van der Waals surface area contributed by atoms with Crippen molar-refractivity contribution in [2.45, 2.75) is 19.8 Å². The molecule has 170 valence electrons. The van der Waals surface area contributed by atoms with E-state index in [1.807, 2.05) is 25.1 Å². The quantitative estimate of drug-likeness (QED) is 0.505. The van der Waals surface area contributed by atoms with Gasteiger partial charge in [-0.2, -0.15) is 0 Å². The van der Waals surface area contributed by atoms with Crippen molar-refractivity contribution in [2.24, 2.45) is 5.92 Å². The zero-order valence-corrected chi connectivity index (χ0v) is 19.9. The number of rotatable bonds is 7. The molecule has 3 aromatic rings. The molecule has 1 aliphatic rings. The van der Waals surface area contributed by atoms with E-state index in [2.05, 4.69) is 10.2 Å². The number of carbonyl (C=O) groups is 1. The standard InChI is InChI=1S/C23H26ClN3O4S/c1-4-31-15-7-8-17-21(10-15)32-23(26-17)27-9-5-6-14(13-27)22(28)25-18-11-16(24)19(29-2)12-20(18)30-3/h7-8,10-12,14H,4-6,9,13H2,1-3H3,(H,25,28)/t14-/m1/s1. The molecule has 0 aliphatic carbocycles. The molecule has 1 aliphatic heterocycles. The van der Waals surface area contributed by atoms with Crippen LogP contribution in [-0.2, 0) is 4.79 Å². The summed E-state index contributed by atoms with van der Waals surface area (Å²) in [5.41, 5.74) is 1.47. The first-order valence-corrected chi connectivity index (χ1v) is 11.7. The highest BCUT2D eigenvalue weighted by atomic mass is 35.5. The highest BCUT2D eigenvalue weighted by Crippen LogP contribution is 2.37. The molecule has 1 saturated heterocycles. The number of carbonyl (C=O) groups excluding carboxylic acids is 1. The van der Waals surface area contributed by atoms with E-state index in [1.165, 1.54) is 7.11 Å². The molecule has 0 bridgehead atoms. The number of nitrogens with one attached hydrogen (secondary N) is 1. The number of ether oxygens (including phenoxy) is 3. The summed E-state index contributed by atoms with van der Waals surface area (Å²) in [6.07, 6.45) is 1.73. The number of anilines is 2. The predicted molar refractivity (Wildman–Crippen MR) is 129 cm³/mol. The number of hydrogen-bond acceptors (Lipinski definition) is 7. The molecular formula is C23H26ClN3O4S. The van der Waals surface area contributed by atoms with Crippen molar-refractivity contribution in [1.29, 1.82) is 0 Å². The largest absolute Gasteiger partial charge is 0.495 e. The van der Waals surface area contributed by atoms with Crippen molar-refractivity contribution in [3.05, 3.63) is 35.4 Å². The highest BCUT2D eigenvalue weighted by Gasteiger charge is 2.28. The Hall–Kier alpha value is -2.71. The van der Waals surface area contributed by atoms with Gasteiger partial charge in [-0.05, 0) is 44.0 Å². The monoisotopic (exact) mass is 475 g/mol. The van der Waals surface area contributed by atoms with Crippen molar-refractivity contribution in [3.63, 3.8) is 0 Å². The van der Waals surface area contributed by atoms with E-state index in [1.54, 1.807) is 30.6 Å². The summed E-state index contributed by atoms with van der Waals surface area (Å²) < 4.78 is 17.3. The SMILES string of the molecule is CCOc1ccc2nc(N3CCC[C@@H](C(=O)Nc4cc(Cl)c(OC)cc4OC)C3)sc2c1. The lowest BCUT2D eigenvalue weighted by Crippen LogP contribution is -2.40. The minimum Gasteiger partial charge on any atom is -0.495 e. The Balaban J connectivity index is 1.49. The van der Waals surface area contributed by atoms with E-state index in [0.29, 0.717) is 35.4 Å². The fraction of sp³-hybridized carbons (Fsp3) is 0.391. The van der Waals surface area contributed by atoms with Crippen molar-refractivity contribution >= 4 is 49.9 Å². The smallest absolute Gasteiger partial charge is 0.229 e. The highest BCUT2D eigenvalue weighted by molar-refractivity contribution is 7.22. The van der Waals surface area contributed by atoms with Crippen molar-refractivity contribution in [3.8, 4) is 17.2 Å². The summed E-state index contributed by atoms with van der Waals surface area (Å²) in [5, 5.41) is 4.32. The Labute approximate surface area is 196 Å². The molecule has 1 aromatic heterocycles. The Morgan fingerprint density at radius 1 is 1.25 bits per heavy atom. The maximum atomic E-state index is 13.1. The molecule has 32 heavy (non-hydrogen) atoms. The molecule has 0 radical (unpaired) electrons. The number of aromatic nitrogens is 1. The van der Waals surface area contributed by atoms with Gasteiger partial charge in [-0.15, -0.1) is 0 Å². The molecule has 0 saturated carbocycles.